The van der Waals surface area contributed by atoms with E-state index in [9.17, 15) is 0 Å². The predicted octanol–water partition coefficient (Wildman–Crippen LogP) is 5.02. The number of para-hydroxylation sites is 2. The number of nitrogens with one attached hydrogen (secondary N) is 3. The quantitative estimate of drug-likeness (QED) is 0.373. The van der Waals surface area contributed by atoms with Gasteiger partial charge < -0.3 is 16.0 Å². The fourth-order valence-corrected chi connectivity index (χ4v) is 2.80. The Balaban J connectivity index is 1.58. The van der Waals surface area contributed by atoms with Crippen LogP contribution in [0.1, 0.15) is 5.56 Å². The number of pyridine rings is 1. The molecule has 0 fully saturated rings. The first-order valence-corrected chi connectivity index (χ1v) is 9.37. The molecule has 144 valence electrons. The van der Waals surface area contributed by atoms with Crippen LogP contribution in [0.2, 0.25) is 5.15 Å². The molecule has 4 aromatic rings. The van der Waals surface area contributed by atoms with Crippen molar-refractivity contribution < 1.29 is 0 Å². The molecule has 0 atom stereocenters. The SMILES string of the molecule is Clc1cc(CNc2nc(Nc3ccccc3)nc(Nc3ccccc3)n2)ccn1. The largest absolute Gasteiger partial charge is 0.350 e. The molecule has 0 aliphatic heterocycles. The van der Waals surface area contributed by atoms with Crippen molar-refractivity contribution in [2.45, 2.75) is 6.54 Å². The number of rotatable bonds is 7. The van der Waals surface area contributed by atoms with Crippen molar-refractivity contribution in [2.24, 2.45) is 0 Å². The fourth-order valence-electron chi connectivity index (χ4n) is 2.60. The Kier molecular flexibility index (Phi) is 5.78. The average Bonchev–Trinajstić information content (AvgIpc) is 2.74. The Labute approximate surface area is 173 Å². The highest BCUT2D eigenvalue weighted by Crippen LogP contribution is 2.19. The molecule has 0 unspecified atom stereocenters. The van der Waals surface area contributed by atoms with E-state index in [2.05, 4.69) is 35.9 Å². The Morgan fingerprint density at radius 2 is 1.24 bits per heavy atom. The lowest BCUT2D eigenvalue weighted by molar-refractivity contribution is 1.01. The van der Waals surface area contributed by atoms with Crippen LogP contribution in [0.25, 0.3) is 0 Å². The minimum absolute atomic E-state index is 0.430. The third-order valence-corrected chi connectivity index (χ3v) is 4.14. The van der Waals surface area contributed by atoms with Crippen LogP contribution in [0.4, 0.5) is 29.2 Å². The van der Waals surface area contributed by atoms with E-state index in [1.165, 1.54) is 0 Å². The lowest BCUT2D eigenvalue weighted by atomic mass is 10.3. The predicted molar refractivity (Wildman–Crippen MR) is 116 cm³/mol. The summed E-state index contributed by atoms with van der Waals surface area (Å²) < 4.78 is 0. The first-order chi connectivity index (χ1) is 14.2. The van der Waals surface area contributed by atoms with Gasteiger partial charge in [-0.1, -0.05) is 48.0 Å². The maximum atomic E-state index is 5.96. The van der Waals surface area contributed by atoms with E-state index in [-0.39, 0.29) is 0 Å². The van der Waals surface area contributed by atoms with E-state index < -0.39 is 0 Å². The number of benzene rings is 2. The molecular formula is C21H18ClN7. The monoisotopic (exact) mass is 403 g/mol. The molecule has 0 spiro atoms. The smallest absolute Gasteiger partial charge is 0.233 e. The second-order valence-corrected chi connectivity index (χ2v) is 6.52. The minimum atomic E-state index is 0.430. The lowest BCUT2D eigenvalue weighted by Crippen LogP contribution is -2.09. The van der Waals surface area contributed by atoms with Crippen LogP contribution in [0.5, 0.6) is 0 Å². The van der Waals surface area contributed by atoms with Crippen molar-refractivity contribution in [1.82, 2.24) is 19.9 Å². The van der Waals surface area contributed by atoms with Gasteiger partial charge in [0, 0.05) is 24.1 Å². The summed E-state index contributed by atoms with van der Waals surface area (Å²) in [7, 11) is 0. The third-order valence-electron chi connectivity index (χ3n) is 3.94. The highest BCUT2D eigenvalue weighted by atomic mass is 35.5. The highest BCUT2D eigenvalue weighted by Gasteiger charge is 2.08. The van der Waals surface area contributed by atoms with Crippen LogP contribution in [-0.2, 0) is 6.54 Å². The van der Waals surface area contributed by atoms with Crippen LogP contribution in [0, 0.1) is 0 Å². The summed E-state index contributed by atoms with van der Waals surface area (Å²) in [6, 6.07) is 23.1. The zero-order chi connectivity index (χ0) is 19.9. The zero-order valence-electron chi connectivity index (χ0n) is 15.4. The van der Waals surface area contributed by atoms with Crippen LogP contribution in [0.3, 0.4) is 0 Å². The van der Waals surface area contributed by atoms with Gasteiger partial charge in [0.15, 0.2) is 0 Å². The molecule has 4 rings (SSSR count). The van der Waals surface area contributed by atoms with Gasteiger partial charge in [0.05, 0.1) is 0 Å². The minimum Gasteiger partial charge on any atom is -0.350 e. The lowest BCUT2D eigenvalue weighted by Gasteiger charge is -2.11. The van der Waals surface area contributed by atoms with Crippen LogP contribution >= 0.6 is 11.6 Å². The standard InChI is InChI=1S/C21H18ClN7/c22-18-13-15(11-12-23-18)14-24-19-27-20(25-16-7-3-1-4-8-16)29-21(28-19)26-17-9-5-2-6-10-17/h1-13H,14H2,(H3,24,25,26,27,28,29). The number of halogens is 1. The summed E-state index contributed by atoms with van der Waals surface area (Å²) in [5.41, 5.74) is 2.74. The van der Waals surface area contributed by atoms with Gasteiger partial charge in [-0.05, 0) is 42.0 Å². The van der Waals surface area contributed by atoms with Gasteiger partial charge >= 0.3 is 0 Å². The molecule has 3 N–H and O–H groups in total. The van der Waals surface area contributed by atoms with Crippen molar-refractivity contribution in [3.05, 3.63) is 89.7 Å². The molecule has 0 bridgehead atoms. The Hall–Kier alpha value is -3.71. The van der Waals surface area contributed by atoms with Crippen molar-refractivity contribution in [3.63, 3.8) is 0 Å². The molecule has 0 amide bonds. The van der Waals surface area contributed by atoms with E-state index in [0.717, 1.165) is 16.9 Å². The molecule has 0 radical (unpaired) electrons. The Morgan fingerprint density at radius 1 is 0.690 bits per heavy atom. The average molecular weight is 404 g/mol. The first-order valence-electron chi connectivity index (χ1n) is 8.99. The topological polar surface area (TPSA) is 87.7 Å². The normalized spacial score (nSPS) is 10.4. The van der Waals surface area contributed by atoms with Gasteiger partial charge in [-0.25, -0.2) is 4.98 Å². The van der Waals surface area contributed by atoms with Gasteiger partial charge in [0.2, 0.25) is 17.8 Å². The molecule has 0 saturated heterocycles. The van der Waals surface area contributed by atoms with Crippen LogP contribution < -0.4 is 16.0 Å². The molecular weight excluding hydrogens is 386 g/mol. The molecule has 2 aromatic carbocycles. The molecule has 0 aliphatic carbocycles. The van der Waals surface area contributed by atoms with E-state index >= 15 is 0 Å². The summed E-state index contributed by atoms with van der Waals surface area (Å²) >= 11 is 5.96. The van der Waals surface area contributed by atoms with E-state index in [1.807, 2.05) is 66.7 Å². The zero-order valence-corrected chi connectivity index (χ0v) is 16.1. The molecule has 7 nitrogen and oxygen atoms in total. The van der Waals surface area contributed by atoms with Crippen LogP contribution in [0.15, 0.2) is 79.0 Å². The number of nitrogens with zero attached hydrogens (tertiary/aromatic N) is 4. The van der Waals surface area contributed by atoms with Crippen LogP contribution in [-0.4, -0.2) is 19.9 Å². The van der Waals surface area contributed by atoms with Crippen molar-refractivity contribution in [3.8, 4) is 0 Å². The molecule has 0 aliphatic rings. The summed E-state index contributed by atoms with van der Waals surface area (Å²) in [6.07, 6.45) is 1.66. The second kappa shape index (κ2) is 8.99. The molecule has 0 saturated carbocycles. The van der Waals surface area contributed by atoms with Gasteiger partial charge in [0.25, 0.3) is 0 Å². The molecule has 2 heterocycles. The van der Waals surface area contributed by atoms with E-state index in [1.54, 1.807) is 12.3 Å². The summed E-state index contributed by atoms with van der Waals surface area (Å²) in [5, 5.41) is 10.1. The third kappa shape index (κ3) is 5.40. The summed E-state index contributed by atoms with van der Waals surface area (Å²) in [5.74, 6) is 1.30. The second-order valence-electron chi connectivity index (χ2n) is 6.13. The Morgan fingerprint density at radius 3 is 1.79 bits per heavy atom. The van der Waals surface area contributed by atoms with Gasteiger partial charge in [-0.2, -0.15) is 15.0 Å². The Bertz CT molecular complexity index is 1010. The first kappa shape index (κ1) is 18.6. The van der Waals surface area contributed by atoms with Crippen molar-refractivity contribution >= 4 is 40.8 Å². The molecule has 8 heteroatoms. The van der Waals surface area contributed by atoms with Gasteiger partial charge in [-0.3, -0.25) is 0 Å². The summed E-state index contributed by atoms with van der Waals surface area (Å²) in [4.78, 5) is 17.4. The molecule has 2 aromatic heterocycles. The number of hydrogen-bond acceptors (Lipinski definition) is 7. The van der Waals surface area contributed by atoms with E-state index in [4.69, 9.17) is 11.6 Å². The summed E-state index contributed by atoms with van der Waals surface area (Å²) in [6.45, 7) is 0.502. The number of hydrogen-bond donors (Lipinski definition) is 3. The maximum absolute atomic E-state index is 5.96. The maximum Gasteiger partial charge on any atom is 0.233 e. The van der Waals surface area contributed by atoms with Gasteiger partial charge in [0.1, 0.15) is 5.15 Å². The van der Waals surface area contributed by atoms with Crippen molar-refractivity contribution in [2.75, 3.05) is 16.0 Å². The fraction of sp³-hybridized carbons (Fsp3) is 0.0476. The number of anilines is 5. The molecule has 29 heavy (non-hydrogen) atoms. The van der Waals surface area contributed by atoms with E-state index in [0.29, 0.717) is 29.5 Å². The number of aromatic nitrogens is 4. The van der Waals surface area contributed by atoms with Gasteiger partial charge in [-0.15, -0.1) is 0 Å². The van der Waals surface area contributed by atoms with Crippen molar-refractivity contribution in [1.29, 1.82) is 0 Å². The highest BCUT2D eigenvalue weighted by molar-refractivity contribution is 6.29.